The Kier molecular flexibility index (Phi) is 7.53. The van der Waals surface area contributed by atoms with Gasteiger partial charge in [0.05, 0.1) is 24.1 Å². The Morgan fingerprint density at radius 1 is 1.23 bits per heavy atom. The normalized spacial score (nSPS) is 10.7. The maximum Gasteiger partial charge on any atom is 0.387 e. The fourth-order valence-corrected chi connectivity index (χ4v) is 3.99. The zero-order valence-electron chi connectivity index (χ0n) is 16.6. The summed E-state index contributed by atoms with van der Waals surface area (Å²) in [5.41, 5.74) is 1.23. The van der Waals surface area contributed by atoms with Gasteiger partial charge in [0, 0.05) is 19.0 Å². The van der Waals surface area contributed by atoms with Crippen molar-refractivity contribution in [2.24, 2.45) is 0 Å². The second-order valence-electron chi connectivity index (χ2n) is 6.37. The molecule has 2 heterocycles. The molecule has 0 aliphatic rings. The van der Waals surface area contributed by atoms with Crippen molar-refractivity contribution >= 4 is 39.6 Å². The summed E-state index contributed by atoms with van der Waals surface area (Å²) >= 11 is 2.57. The minimum atomic E-state index is -2.96. The molecule has 0 radical (unpaired) electrons. The van der Waals surface area contributed by atoms with Gasteiger partial charge in [-0.2, -0.15) is 8.78 Å². The average molecular weight is 468 g/mol. The van der Waals surface area contributed by atoms with Crippen molar-refractivity contribution in [3.8, 4) is 11.5 Å². The van der Waals surface area contributed by atoms with Gasteiger partial charge in [-0.05, 0) is 29.1 Å². The highest BCUT2D eigenvalue weighted by Gasteiger charge is 2.16. The van der Waals surface area contributed by atoms with E-state index in [1.54, 1.807) is 36.7 Å². The number of thiophene rings is 1. The number of hydrogen-bond donors (Lipinski definition) is 1. The summed E-state index contributed by atoms with van der Waals surface area (Å²) in [6, 6.07) is 8.01. The minimum absolute atomic E-state index is 0.0611. The van der Waals surface area contributed by atoms with E-state index in [1.165, 1.54) is 40.7 Å². The molecule has 2 aromatic heterocycles. The van der Waals surface area contributed by atoms with Crippen LogP contribution in [0.2, 0.25) is 0 Å². The Bertz CT molecular complexity index is 1040. The number of aromatic nitrogens is 1. The summed E-state index contributed by atoms with van der Waals surface area (Å²) in [4.78, 5) is 31.0. The number of carbonyl (C=O) groups excluding carboxylic acids is 2. The monoisotopic (exact) mass is 467 g/mol. The SMILES string of the molecule is COc1cc(CN(C)C(=O)Cc2csc(NC(=O)c3cccs3)n2)ccc1OC(F)F. The number of benzene rings is 1. The molecule has 0 aliphatic heterocycles. The first-order chi connectivity index (χ1) is 14.9. The molecule has 0 atom stereocenters. The molecule has 3 rings (SSSR count). The van der Waals surface area contributed by atoms with Gasteiger partial charge in [0.25, 0.3) is 5.91 Å². The number of halogens is 2. The molecule has 1 N–H and O–H groups in total. The van der Waals surface area contributed by atoms with Gasteiger partial charge in [-0.1, -0.05) is 12.1 Å². The second kappa shape index (κ2) is 10.3. The molecular formula is C20H19F2N3O4S2. The highest BCUT2D eigenvalue weighted by molar-refractivity contribution is 7.14. The van der Waals surface area contributed by atoms with Crippen molar-refractivity contribution in [2.45, 2.75) is 19.6 Å². The summed E-state index contributed by atoms with van der Waals surface area (Å²) in [5, 5.41) is 6.66. The first-order valence-electron chi connectivity index (χ1n) is 9.00. The standard InChI is InChI=1S/C20H19F2N3O4S2/c1-25(10-12-5-6-14(29-19(21)22)15(8-12)28-2)17(26)9-13-11-31-20(23-13)24-18(27)16-4-3-7-30-16/h3-8,11,19H,9-10H2,1-2H3,(H,23,24,27). The summed E-state index contributed by atoms with van der Waals surface area (Å²) in [5.74, 6) is -0.347. The number of rotatable bonds is 9. The lowest BCUT2D eigenvalue weighted by molar-refractivity contribution is -0.129. The number of thiazole rings is 1. The molecule has 2 amide bonds. The van der Waals surface area contributed by atoms with Gasteiger partial charge in [-0.3, -0.25) is 14.9 Å². The fourth-order valence-electron chi connectivity index (χ4n) is 2.67. The molecule has 0 bridgehead atoms. The summed E-state index contributed by atoms with van der Waals surface area (Å²) in [7, 11) is 2.98. The number of carbonyl (C=O) groups is 2. The Morgan fingerprint density at radius 2 is 2.03 bits per heavy atom. The molecular weight excluding hydrogens is 448 g/mol. The summed E-state index contributed by atoms with van der Waals surface area (Å²) in [6.45, 7) is -2.71. The van der Waals surface area contributed by atoms with Crippen LogP contribution in [-0.4, -0.2) is 42.5 Å². The molecule has 1 aromatic carbocycles. The lowest BCUT2D eigenvalue weighted by atomic mass is 10.2. The van der Waals surface area contributed by atoms with E-state index in [1.807, 2.05) is 5.38 Å². The molecule has 7 nitrogen and oxygen atoms in total. The number of likely N-dealkylation sites (N-methyl/N-ethyl adjacent to an activating group) is 1. The van der Waals surface area contributed by atoms with Gasteiger partial charge in [0.2, 0.25) is 5.91 Å². The van der Waals surface area contributed by atoms with E-state index in [9.17, 15) is 18.4 Å². The van der Waals surface area contributed by atoms with Crippen molar-refractivity contribution in [3.63, 3.8) is 0 Å². The van der Waals surface area contributed by atoms with Crippen LogP contribution in [0.4, 0.5) is 13.9 Å². The smallest absolute Gasteiger partial charge is 0.387 e. The molecule has 31 heavy (non-hydrogen) atoms. The van der Waals surface area contributed by atoms with Crippen molar-refractivity contribution in [1.82, 2.24) is 9.88 Å². The van der Waals surface area contributed by atoms with Gasteiger partial charge in [0.15, 0.2) is 16.6 Å². The fraction of sp³-hybridized carbons (Fsp3) is 0.250. The lowest BCUT2D eigenvalue weighted by Crippen LogP contribution is -2.27. The predicted octanol–water partition coefficient (Wildman–Crippen LogP) is 4.27. The number of hydrogen-bond acceptors (Lipinski definition) is 7. The maximum atomic E-state index is 12.6. The van der Waals surface area contributed by atoms with Gasteiger partial charge in [-0.15, -0.1) is 22.7 Å². The summed E-state index contributed by atoms with van der Waals surface area (Å²) < 4.78 is 34.4. The molecule has 0 aliphatic carbocycles. The van der Waals surface area contributed by atoms with Crippen molar-refractivity contribution in [2.75, 3.05) is 19.5 Å². The number of amides is 2. The molecule has 3 aromatic rings. The number of nitrogens with one attached hydrogen (secondary N) is 1. The molecule has 0 saturated heterocycles. The number of ether oxygens (including phenoxy) is 2. The van der Waals surface area contributed by atoms with Gasteiger partial charge < -0.3 is 14.4 Å². The van der Waals surface area contributed by atoms with Crippen LogP contribution in [0, 0.1) is 0 Å². The average Bonchev–Trinajstić information content (AvgIpc) is 3.41. The summed E-state index contributed by atoms with van der Waals surface area (Å²) in [6.07, 6.45) is 0.0611. The Hall–Kier alpha value is -3.05. The third-order valence-electron chi connectivity index (χ3n) is 4.14. The number of alkyl halides is 2. The Balaban J connectivity index is 1.57. The van der Waals surface area contributed by atoms with Crippen LogP contribution >= 0.6 is 22.7 Å². The number of anilines is 1. The van der Waals surface area contributed by atoms with E-state index >= 15 is 0 Å². The van der Waals surface area contributed by atoms with E-state index in [2.05, 4.69) is 15.0 Å². The lowest BCUT2D eigenvalue weighted by Gasteiger charge is -2.18. The van der Waals surface area contributed by atoms with E-state index in [-0.39, 0.29) is 36.3 Å². The maximum absolute atomic E-state index is 12.6. The van der Waals surface area contributed by atoms with Gasteiger partial charge in [0.1, 0.15) is 0 Å². The number of methoxy groups -OCH3 is 1. The zero-order valence-corrected chi connectivity index (χ0v) is 18.3. The van der Waals surface area contributed by atoms with Crippen LogP contribution in [0.15, 0.2) is 41.1 Å². The largest absolute Gasteiger partial charge is 0.493 e. The van der Waals surface area contributed by atoms with Crippen LogP contribution in [0.5, 0.6) is 11.5 Å². The molecule has 0 unspecified atom stereocenters. The van der Waals surface area contributed by atoms with Crippen molar-refractivity contribution in [1.29, 1.82) is 0 Å². The van der Waals surface area contributed by atoms with E-state index in [0.717, 1.165) is 0 Å². The highest BCUT2D eigenvalue weighted by atomic mass is 32.1. The molecule has 0 saturated carbocycles. The van der Waals surface area contributed by atoms with E-state index < -0.39 is 6.61 Å². The number of nitrogens with zero attached hydrogens (tertiary/aromatic N) is 2. The van der Waals surface area contributed by atoms with Gasteiger partial charge in [-0.25, -0.2) is 4.98 Å². The quantitative estimate of drug-likeness (QED) is 0.508. The molecule has 0 spiro atoms. The van der Waals surface area contributed by atoms with Crippen LogP contribution < -0.4 is 14.8 Å². The first kappa shape index (κ1) is 22.6. The highest BCUT2D eigenvalue weighted by Crippen LogP contribution is 2.30. The topological polar surface area (TPSA) is 80.8 Å². The predicted molar refractivity (Wildman–Crippen MR) is 114 cm³/mol. The zero-order chi connectivity index (χ0) is 22.4. The third kappa shape index (κ3) is 6.22. The van der Waals surface area contributed by atoms with Crippen LogP contribution in [0.1, 0.15) is 20.9 Å². The Morgan fingerprint density at radius 3 is 2.71 bits per heavy atom. The second-order valence-corrected chi connectivity index (χ2v) is 8.17. The van der Waals surface area contributed by atoms with Crippen LogP contribution in [-0.2, 0) is 17.8 Å². The van der Waals surface area contributed by atoms with E-state index in [4.69, 9.17) is 4.74 Å². The molecule has 164 valence electrons. The van der Waals surface area contributed by atoms with Gasteiger partial charge >= 0.3 is 6.61 Å². The van der Waals surface area contributed by atoms with E-state index in [0.29, 0.717) is 21.3 Å². The first-order valence-corrected chi connectivity index (χ1v) is 10.8. The third-order valence-corrected chi connectivity index (χ3v) is 5.81. The van der Waals surface area contributed by atoms with Crippen LogP contribution in [0.3, 0.4) is 0 Å². The molecule has 11 heteroatoms. The Labute approximate surface area is 185 Å². The van der Waals surface area contributed by atoms with Crippen molar-refractivity contribution < 1.29 is 27.8 Å². The minimum Gasteiger partial charge on any atom is -0.493 e. The van der Waals surface area contributed by atoms with Crippen LogP contribution in [0.25, 0.3) is 0 Å². The molecule has 0 fully saturated rings. The van der Waals surface area contributed by atoms with Crippen molar-refractivity contribution in [3.05, 3.63) is 57.2 Å².